The lowest BCUT2D eigenvalue weighted by molar-refractivity contribution is 0.00780. The standard InChI is InChI=1S/C28H35N7O2/c1-27(2,28(3,4)37)23-14-21(10-12-30-23)32-24-22(25(36)33-19-7-8-19)16-31-26(35-24)34-20-6-5-18-15-29-11-9-17(18)13-20/h5-6,10,12-14,16,19,29,37H,7-9,11,15H2,1-4H3,(H,33,36)(H2,30,31,32,34,35). The third kappa shape index (κ3) is 5.57. The number of aromatic nitrogens is 3. The molecule has 5 N–H and O–H groups in total. The maximum Gasteiger partial charge on any atom is 0.256 e. The highest BCUT2D eigenvalue weighted by atomic mass is 16.3. The number of amides is 1. The Bertz CT molecular complexity index is 1310. The normalized spacial score (nSPS) is 15.6. The zero-order chi connectivity index (χ0) is 26.2. The summed E-state index contributed by atoms with van der Waals surface area (Å²) in [5, 5.41) is 23.7. The summed E-state index contributed by atoms with van der Waals surface area (Å²) in [6.07, 6.45) is 6.20. The third-order valence-electron chi connectivity index (χ3n) is 7.49. The maximum absolute atomic E-state index is 13.0. The molecule has 2 aliphatic rings. The Morgan fingerprint density at radius 2 is 1.81 bits per heavy atom. The highest BCUT2D eigenvalue weighted by Crippen LogP contribution is 2.35. The van der Waals surface area contributed by atoms with Crippen molar-refractivity contribution in [1.82, 2.24) is 25.6 Å². The molecule has 9 heteroatoms. The maximum atomic E-state index is 13.0. The van der Waals surface area contributed by atoms with E-state index >= 15 is 0 Å². The fraction of sp³-hybridized carbons (Fsp3) is 0.429. The van der Waals surface area contributed by atoms with E-state index in [2.05, 4.69) is 48.4 Å². The van der Waals surface area contributed by atoms with Crippen LogP contribution in [0.4, 0.5) is 23.1 Å². The lowest BCUT2D eigenvalue weighted by Crippen LogP contribution is -2.43. The average Bonchev–Trinajstić information content (AvgIpc) is 3.67. The molecule has 0 saturated heterocycles. The van der Waals surface area contributed by atoms with Crippen LogP contribution >= 0.6 is 0 Å². The van der Waals surface area contributed by atoms with Crippen LogP contribution in [0.1, 0.15) is 67.7 Å². The van der Waals surface area contributed by atoms with Gasteiger partial charge in [0.2, 0.25) is 5.95 Å². The Morgan fingerprint density at radius 1 is 1.03 bits per heavy atom. The monoisotopic (exact) mass is 501 g/mol. The minimum Gasteiger partial charge on any atom is -0.390 e. The fourth-order valence-corrected chi connectivity index (χ4v) is 4.18. The van der Waals surface area contributed by atoms with Gasteiger partial charge in [0.15, 0.2) is 0 Å². The molecule has 1 aromatic carbocycles. The number of hydrogen-bond acceptors (Lipinski definition) is 8. The molecule has 5 rings (SSSR count). The summed E-state index contributed by atoms with van der Waals surface area (Å²) in [5.41, 5.74) is 3.74. The number of pyridine rings is 1. The van der Waals surface area contributed by atoms with Crippen LogP contribution in [-0.2, 0) is 18.4 Å². The molecule has 3 aromatic rings. The zero-order valence-electron chi connectivity index (χ0n) is 21.9. The lowest BCUT2D eigenvalue weighted by Gasteiger charge is -2.36. The molecule has 0 unspecified atom stereocenters. The van der Waals surface area contributed by atoms with E-state index in [9.17, 15) is 9.90 Å². The Hall–Kier alpha value is -3.56. The molecular weight excluding hydrogens is 466 g/mol. The molecule has 0 spiro atoms. The van der Waals surface area contributed by atoms with E-state index in [1.807, 2.05) is 32.0 Å². The van der Waals surface area contributed by atoms with Crippen LogP contribution in [0.5, 0.6) is 0 Å². The Balaban J connectivity index is 1.45. The number of nitrogens with one attached hydrogen (secondary N) is 4. The molecule has 9 nitrogen and oxygen atoms in total. The molecule has 1 fully saturated rings. The highest BCUT2D eigenvalue weighted by Gasteiger charge is 2.38. The van der Waals surface area contributed by atoms with Crippen molar-refractivity contribution in [2.75, 3.05) is 17.2 Å². The molecule has 1 saturated carbocycles. The molecule has 0 radical (unpaired) electrons. The summed E-state index contributed by atoms with van der Waals surface area (Å²) in [4.78, 5) is 26.6. The Morgan fingerprint density at radius 3 is 2.57 bits per heavy atom. The van der Waals surface area contributed by atoms with Crippen molar-refractivity contribution in [3.63, 3.8) is 0 Å². The van der Waals surface area contributed by atoms with E-state index in [0.29, 0.717) is 23.0 Å². The SMILES string of the molecule is CC(C)(O)C(C)(C)c1cc(Nc2nc(Nc3ccc4c(c3)CCNC4)ncc2C(=O)NC2CC2)ccn1. The van der Waals surface area contributed by atoms with Gasteiger partial charge in [-0.25, -0.2) is 4.98 Å². The van der Waals surface area contributed by atoms with Gasteiger partial charge in [-0.2, -0.15) is 4.98 Å². The van der Waals surface area contributed by atoms with Crippen LogP contribution < -0.4 is 21.3 Å². The minimum absolute atomic E-state index is 0.205. The van der Waals surface area contributed by atoms with E-state index in [0.717, 1.165) is 43.7 Å². The summed E-state index contributed by atoms with van der Waals surface area (Å²) >= 11 is 0. The molecule has 0 bridgehead atoms. The van der Waals surface area contributed by atoms with Crippen molar-refractivity contribution in [3.8, 4) is 0 Å². The van der Waals surface area contributed by atoms with E-state index in [1.165, 1.54) is 11.1 Å². The van der Waals surface area contributed by atoms with Gasteiger partial charge in [0.25, 0.3) is 5.91 Å². The van der Waals surface area contributed by atoms with Crippen LogP contribution in [0.15, 0.2) is 42.7 Å². The van der Waals surface area contributed by atoms with Gasteiger partial charge in [-0.3, -0.25) is 9.78 Å². The third-order valence-corrected chi connectivity index (χ3v) is 7.49. The second-order valence-corrected chi connectivity index (χ2v) is 11.0. The van der Waals surface area contributed by atoms with Crippen molar-refractivity contribution in [1.29, 1.82) is 0 Å². The van der Waals surface area contributed by atoms with E-state index in [4.69, 9.17) is 0 Å². The van der Waals surface area contributed by atoms with Gasteiger partial charge in [-0.05, 0) is 75.0 Å². The first-order valence-electron chi connectivity index (χ1n) is 12.8. The van der Waals surface area contributed by atoms with Gasteiger partial charge in [-0.15, -0.1) is 0 Å². The molecular formula is C28H35N7O2. The average molecular weight is 502 g/mol. The number of carbonyl (C=O) groups excluding carboxylic acids is 1. The van der Waals surface area contributed by atoms with Crippen LogP contribution in [0.3, 0.4) is 0 Å². The zero-order valence-corrected chi connectivity index (χ0v) is 21.9. The molecule has 2 aromatic heterocycles. The predicted molar refractivity (Wildman–Crippen MR) is 144 cm³/mol. The van der Waals surface area contributed by atoms with Crippen molar-refractivity contribution < 1.29 is 9.90 Å². The quantitative estimate of drug-likeness (QED) is 0.314. The number of carbonyl (C=O) groups is 1. The lowest BCUT2D eigenvalue weighted by atomic mass is 9.74. The second kappa shape index (κ2) is 9.72. The molecule has 1 aliphatic carbocycles. The fourth-order valence-electron chi connectivity index (χ4n) is 4.18. The van der Waals surface area contributed by atoms with Crippen molar-refractivity contribution >= 4 is 29.0 Å². The number of benzene rings is 1. The number of fused-ring (bicyclic) bond motifs is 1. The first-order chi connectivity index (χ1) is 17.6. The molecule has 194 valence electrons. The van der Waals surface area contributed by atoms with Crippen molar-refractivity contribution in [2.45, 2.75) is 70.6 Å². The van der Waals surface area contributed by atoms with Gasteiger partial charge in [-0.1, -0.05) is 19.9 Å². The van der Waals surface area contributed by atoms with E-state index in [1.54, 1.807) is 26.2 Å². The van der Waals surface area contributed by atoms with Crippen molar-refractivity contribution in [2.24, 2.45) is 0 Å². The van der Waals surface area contributed by atoms with Crippen LogP contribution in [0.25, 0.3) is 0 Å². The van der Waals surface area contributed by atoms with Gasteiger partial charge in [0, 0.05) is 41.8 Å². The molecule has 0 atom stereocenters. The first kappa shape index (κ1) is 25.1. The summed E-state index contributed by atoms with van der Waals surface area (Å²) < 4.78 is 0. The summed E-state index contributed by atoms with van der Waals surface area (Å²) in [6, 6.07) is 10.2. The second-order valence-electron chi connectivity index (χ2n) is 11.0. The van der Waals surface area contributed by atoms with Gasteiger partial charge in [0.05, 0.1) is 11.3 Å². The summed E-state index contributed by atoms with van der Waals surface area (Å²) in [5.74, 6) is 0.588. The first-order valence-corrected chi connectivity index (χ1v) is 12.8. The number of aliphatic hydroxyl groups is 1. The summed E-state index contributed by atoms with van der Waals surface area (Å²) in [6.45, 7) is 9.29. The molecule has 1 aliphatic heterocycles. The molecule has 1 amide bonds. The Labute approximate surface area is 217 Å². The van der Waals surface area contributed by atoms with Crippen LogP contribution in [0, 0.1) is 0 Å². The van der Waals surface area contributed by atoms with Gasteiger partial charge >= 0.3 is 0 Å². The Kier molecular flexibility index (Phi) is 6.59. The van der Waals surface area contributed by atoms with E-state index < -0.39 is 11.0 Å². The number of anilines is 4. The van der Waals surface area contributed by atoms with Crippen molar-refractivity contribution in [3.05, 3.63) is 65.1 Å². The summed E-state index contributed by atoms with van der Waals surface area (Å²) in [7, 11) is 0. The van der Waals surface area contributed by atoms with Crippen LogP contribution in [-0.4, -0.2) is 44.2 Å². The molecule has 3 heterocycles. The van der Waals surface area contributed by atoms with Gasteiger partial charge < -0.3 is 26.4 Å². The molecule has 37 heavy (non-hydrogen) atoms. The van der Waals surface area contributed by atoms with Gasteiger partial charge in [0.1, 0.15) is 11.4 Å². The number of hydrogen-bond donors (Lipinski definition) is 5. The smallest absolute Gasteiger partial charge is 0.256 e. The minimum atomic E-state index is -0.981. The largest absolute Gasteiger partial charge is 0.390 e. The van der Waals surface area contributed by atoms with Crippen LogP contribution in [0.2, 0.25) is 0 Å². The predicted octanol–water partition coefficient (Wildman–Crippen LogP) is 3.95. The van der Waals surface area contributed by atoms with E-state index in [-0.39, 0.29) is 11.9 Å². The highest BCUT2D eigenvalue weighted by molar-refractivity contribution is 5.99. The number of nitrogens with zero attached hydrogens (tertiary/aromatic N) is 3. The number of rotatable bonds is 8. The topological polar surface area (TPSA) is 124 Å².